The van der Waals surface area contributed by atoms with Crippen molar-refractivity contribution in [2.24, 2.45) is 0 Å². The molecule has 0 spiro atoms. The molecule has 0 saturated heterocycles. The Balaban J connectivity index is 2.71. The Kier molecular flexibility index (Phi) is 5.56. The Labute approximate surface area is 116 Å². The summed E-state index contributed by atoms with van der Waals surface area (Å²) in [6.07, 6.45) is -4.32. The Bertz CT molecular complexity index is 441. The van der Waals surface area contributed by atoms with Crippen LogP contribution in [0.15, 0.2) is 24.3 Å². The fraction of sp³-hybridized carbons (Fsp3) is 0.500. The summed E-state index contributed by atoms with van der Waals surface area (Å²) in [5.74, 6) is -0.932. The number of halogens is 3. The van der Waals surface area contributed by atoms with Gasteiger partial charge in [0, 0.05) is 12.6 Å². The lowest BCUT2D eigenvalue weighted by Crippen LogP contribution is -2.38. The highest BCUT2D eigenvalue weighted by Crippen LogP contribution is 2.20. The quantitative estimate of drug-likeness (QED) is 0.875. The van der Waals surface area contributed by atoms with Crippen molar-refractivity contribution in [3.8, 4) is 0 Å². The average Bonchev–Trinajstić information content (AvgIpc) is 2.28. The average molecular weight is 289 g/mol. The van der Waals surface area contributed by atoms with Gasteiger partial charge >= 0.3 is 12.1 Å². The maximum Gasteiger partial charge on any atom is 0.401 e. The number of alkyl halides is 3. The van der Waals surface area contributed by atoms with Gasteiger partial charge in [0.15, 0.2) is 0 Å². The van der Waals surface area contributed by atoms with Gasteiger partial charge in [-0.2, -0.15) is 13.2 Å². The molecule has 0 aliphatic rings. The maximum absolute atomic E-state index is 12.5. The molecule has 0 bridgehead atoms. The minimum atomic E-state index is -4.23. The van der Waals surface area contributed by atoms with Gasteiger partial charge in [0.05, 0.1) is 13.0 Å². The second-order valence-corrected chi connectivity index (χ2v) is 5.00. The summed E-state index contributed by atoms with van der Waals surface area (Å²) in [7, 11) is 0. The molecule has 20 heavy (non-hydrogen) atoms. The molecule has 1 aromatic carbocycles. The molecule has 0 atom stereocenters. The van der Waals surface area contributed by atoms with E-state index in [9.17, 15) is 18.0 Å². The van der Waals surface area contributed by atoms with E-state index in [1.54, 1.807) is 38.1 Å². The van der Waals surface area contributed by atoms with Gasteiger partial charge < -0.3 is 5.11 Å². The number of carboxylic acids is 1. The summed E-state index contributed by atoms with van der Waals surface area (Å²) in [5, 5.41) is 8.65. The number of hydrogen-bond acceptors (Lipinski definition) is 2. The summed E-state index contributed by atoms with van der Waals surface area (Å²) in [4.78, 5) is 11.9. The van der Waals surface area contributed by atoms with Crippen LogP contribution in [-0.2, 0) is 17.8 Å². The molecule has 0 aromatic heterocycles. The molecule has 1 N–H and O–H groups in total. The van der Waals surface area contributed by atoms with Crippen LogP contribution in [0.2, 0.25) is 0 Å². The fourth-order valence-corrected chi connectivity index (χ4v) is 1.82. The van der Waals surface area contributed by atoms with Crippen molar-refractivity contribution in [1.29, 1.82) is 0 Å². The molecule has 0 radical (unpaired) electrons. The third-order valence-electron chi connectivity index (χ3n) is 2.88. The minimum absolute atomic E-state index is 0.0866. The van der Waals surface area contributed by atoms with Gasteiger partial charge in [0.25, 0.3) is 0 Å². The maximum atomic E-state index is 12.5. The van der Waals surface area contributed by atoms with Crippen LogP contribution in [0, 0.1) is 0 Å². The van der Waals surface area contributed by atoms with Gasteiger partial charge in [0.2, 0.25) is 0 Å². The van der Waals surface area contributed by atoms with E-state index in [1.807, 2.05) is 0 Å². The van der Waals surface area contributed by atoms with E-state index in [0.717, 1.165) is 5.56 Å². The number of carboxylic acid groups (broad SMARTS) is 1. The summed E-state index contributed by atoms with van der Waals surface area (Å²) in [5.41, 5.74) is 1.37. The lowest BCUT2D eigenvalue weighted by Gasteiger charge is -2.27. The number of benzene rings is 1. The zero-order chi connectivity index (χ0) is 15.3. The molecular weight excluding hydrogens is 271 g/mol. The third-order valence-corrected chi connectivity index (χ3v) is 2.88. The standard InChI is InChI=1S/C14H18F3NO2/c1-10(2)18(9-14(15,16)17)8-12-5-3-11(4-6-12)7-13(19)20/h3-6,10H,7-9H2,1-2H3,(H,19,20). The van der Waals surface area contributed by atoms with Crippen molar-refractivity contribution in [3.05, 3.63) is 35.4 Å². The highest BCUT2D eigenvalue weighted by molar-refractivity contribution is 5.70. The molecular formula is C14H18F3NO2. The predicted octanol–water partition coefficient (Wildman–Crippen LogP) is 3.09. The van der Waals surface area contributed by atoms with Crippen LogP contribution in [0.1, 0.15) is 25.0 Å². The number of aliphatic carboxylic acids is 1. The van der Waals surface area contributed by atoms with E-state index in [1.165, 1.54) is 4.90 Å². The SMILES string of the molecule is CC(C)N(Cc1ccc(CC(=O)O)cc1)CC(F)(F)F. The first-order valence-electron chi connectivity index (χ1n) is 6.28. The van der Waals surface area contributed by atoms with E-state index >= 15 is 0 Å². The van der Waals surface area contributed by atoms with Crippen molar-refractivity contribution in [2.75, 3.05) is 6.54 Å². The summed E-state index contributed by atoms with van der Waals surface area (Å²) < 4.78 is 37.4. The van der Waals surface area contributed by atoms with Crippen molar-refractivity contribution < 1.29 is 23.1 Å². The van der Waals surface area contributed by atoms with Crippen LogP contribution >= 0.6 is 0 Å². The zero-order valence-electron chi connectivity index (χ0n) is 11.4. The zero-order valence-corrected chi connectivity index (χ0v) is 11.4. The first-order chi connectivity index (χ1) is 9.17. The number of carbonyl (C=O) groups is 1. The van der Waals surface area contributed by atoms with Crippen molar-refractivity contribution in [2.45, 2.75) is 39.0 Å². The van der Waals surface area contributed by atoms with E-state index in [0.29, 0.717) is 5.56 Å². The van der Waals surface area contributed by atoms with Crippen molar-refractivity contribution in [3.63, 3.8) is 0 Å². The minimum Gasteiger partial charge on any atom is -0.481 e. The Morgan fingerprint density at radius 2 is 1.70 bits per heavy atom. The molecule has 3 nitrogen and oxygen atoms in total. The highest BCUT2D eigenvalue weighted by Gasteiger charge is 2.31. The first-order valence-corrected chi connectivity index (χ1v) is 6.28. The second kappa shape index (κ2) is 6.74. The molecule has 0 fully saturated rings. The molecule has 0 unspecified atom stereocenters. The number of nitrogens with zero attached hydrogens (tertiary/aromatic N) is 1. The molecule has 6 heteroatoms. The molecule has 1 aromatic rings. The monoisotopic (exact) mass is 289 g/mol. The van der Waals surface area contributed by atoms with Crippen LogP contribution in [0.4, 0.5) is 13.2 Å². The topological polar surface area (TPSA) is 40.5 Å². The molecule has 0 saturated carbocycles. The fourth-order valence-electron chi connectivity index (χ4n) is 1.82. The molecule has 0 amide bonds. The Morgan fingerprint density at radius 1 is 1.20 bits per heavy atom. The predicted molar refractivity (Wildman–Crippen MR) is 69.4 cm³/mol. The van der Waals surface area contributed by atoms with Crippen LogP contribution < -0.4 is 0 Å². The smallest absolute Gasteiger partial charge is 0.401 e. The largest absolute Gasteiger partial charge is 0.481 e. The summed E-state index contributed by atoms with van der Waals surface area (Å²) >= 11 is 0. The Morgan fingerprint density at radius 3 is 2.10 bits per heavy atom. The Hall–Kier alpha value is -1.56. The molecule has 0 aliphatic heterocycles. The van der Waals surface area contributed by atoms with Crippen LogP contribution in [0.5, 0.6) is 0 Å². The lowest BCUT2D eigenvalue weighted by atomic mass is 10.1. The van der Waals surface area contributed by atoms with E-state index in [-0.39, 0.29) is 19.0 Å². The third kappa shape index (κ3) is 6.06. The summed E-state index contributed by atoms with van der Waals surface area (Å²) in [6, 6.07) is 6.38. The van der Waals surface area contributed by atoms with Crippen LogP contribution in [0.25, 0.3) is 0 Å². The first kappa shape index (κ1) is 16.5. The van der Waals surface area contributed by atoms with Crippen LogP contribution in [-0.4, -0.2) is 34.7 Å². The second-order valence-electron chi connectivity index (χ2n) is 5.00. The van der Waals surface area contributed by atoms with E-state index < -0.39 is 18.7 Å². The molecule has 0 heterocycles. The van der Waals surface area contributed by atoms with Gasteiger partial charge in [-0.25, -0.2) is 0 Å². The van der Waals surface area contributed by atoms with Crippen molar-refractivity contribution in [1.82, 2.24) is 4.90 Å². The molecule has 112 valence electrons. The van der Waals surface area contributed by atoms with Gasteiger partial charge in [-0.1, -0.05) is 24.3 Å². The van der Waals surface area contributed by atoms with E-state index in [4.69, 9.17) is 5.11 Å². The van der Waals surface area contributed by atoms with Gasteiger partial charge in [-0.15, -0.1) is 0 Å². The van der Waals surface area contributed by atoms with Gasteiger partial charge in [0.1, 0.15) is 0 Å². The number of rotatable bonds is 6. The highest BCUT2D eigenvalue weighted by atomic mass is 19.4. The van der Waals surface area contributed by atoms with Crippen LogP contribution in [0.3, 0.4) is 0 Å². The summed E-state index contributed by atoms with van der Waals surface area (Å²) in [6.45, 7) is 2.65. The van der Waals surface area contributed by atoms with Gasteiger partial charge in [-0.05, 0) is 25.0 Å². The van der Waals surface area contributed by atoms with Crippen molar-refractivity contribution >= 4 is 5.97 Å². The van der Waals surface area contributed by atoms with Gasteiger partial charge in [-0.3, -0.25) is 9.69 Å². The molecule has 1 rings (SSSR count). The normalized spacial score (nSPS) is 12.2. The lowest BCUT2D eigenvalue weighted by molar-refractivity contribution is -0.150. The molecule has 0 aliphatic carbocycles. The van der Waals surface area contributed by atoms with E-state index in [2.05, 4.69) is 0 Å². The number of hydrogen-bond donors (Lipinski definition) is 1.